The molecule has 0 radical (unpaired) electrons. The Bertz CT molecular complexity index is 778. The summed E-state index contributed by atoms with van der Waals surface area (Å²) < 4.78 is 10.8. The van der Waals surface area contributed by atoms with Crippen LogP contribution < -0.4 is 10.6 Å². The maximum absolute atomic E-state index is 13.0. The third-order valence-electron chi connectivity index (χ3n) is 5.70. The van der Waals surface area contributed by atoms with Crippen LogP contribution in [0.4, 0.5) is 5.69 Å². The summed E-state index contributed by atoms with van der Waals surface area (Å²) in [6.07, 6.45) is 5.13. The summed E-state index contributed by atoms with van der Waals surface area (Å²) in [6, 6.07) is 5.66. The molecule has 0 spiro atoms. The van der Waals surface area contributed by atoms with E-state index in [4.69, 9.17) is 9.15 Å². The van der Waals surface area contributed by atoms with Gasteiger partial charge in [-0.3, -0.25) is 4.79 Å². The Hall–Kier alpha value is -1.63. The summed E-state index contributed by atoms with van der Waals surface area (Å²) in [5.41, 5.74) is 2.04. The number of benzene rings is 1. The van der Waals surface area contributed by atoms with Crippen LogP contribution in [0, 0.1) is 11.3 Å². The van der Waals surface area contributed by atoms with E-state index in [9.17, 15) is 4.79 Å². The topological polar surface area (TPSA) is 76.4 Å². The fourth-order valence-electron chi connectivity index (χ4n) is 4.30. The van der Waals surface area contributed by atoms with Crippen molar-refractivity contribution in [3.63, 3.8) is 0 Å². The zero-order valence-electron chi connectivity index (χ0n) is 15.0. The quantitative estimate of drug-likeness (QED) is 0.834. The SMILES string of the molecule is COCCc1nc2cc(NC(=O)[C@@]34CCCC[C@H]3CNC4)ccc2o1.Cl. The molecule has 1 amide bonds. The number of carbonyl (C=O) groups excluding carboxylic acids is 1. The Morgan fingerprint density at radius 2 is 2.35 bits per heavy atom. The molecule has 2 aliphatic rings. The molecule has 4 rings (SSSR count). The average Bonchev–Trinajstić information content (AvgIpc) is 3.23. The van der Waals surface area contributed by atoms with E-state index in [0.717, 1.165) is 49.1 Å². The van der Waals surface area contributed by atoms with Gasteiger partial charge < -0.3 is 19.8 Å². The molecule has 1 aromatic carbocycles. The number of ether oxygens (including phenoxy) is 1. The van der Waals surface area contributed by atoms with E-state index < -0.39 is 0 Å². The van der Waals surface area contributed by atoms with Crippen LogP contribution >= 0.6 is 12.4 Å². The molecule has 0 bridgehead atoms. The van der Waals surface area contributed by atoms with Crippen molar-refractivity contribution in [1.29, 1.82) is 0 Å². The Kier molecular flexibility index (Phi) is 5.85. The van der Waals surface area contributed by atoms with Crippen LogP contribution in [0.3, 0.4) is 0 Å². The first-order chi connectivity index (χ1) is 12.2. The molecule has 2 N–H and O–H groups in total. The van der Waals surface area contributed by atoms with Crippen LogP contribution in [-0.4, -0.2) is 37.7 Å². The molecule has 1 saturated carbocycles. The second-order valence-electron chi connectivity index (χ2n) is 7.22. The van der Waals surface area contributed by atoms with Crippen molar-refractivity contribution in [2.75, 3.05) is 32.1 Å². The highest BCUT2D eigenvalue weighted by Crippen LogP contribution is 2.44. The van der Waals surface area contributed by atoms with Crippen LogP contribution in [0.1, 0.15) is 31.6 Å². The van der Waals surface area contributed by atoms with Gasteiger partial charge in [-0.05, 0) is 43.5 Å². The van der Waals surface area contributed by atoms with Crippen molar-refractivity contribution in [3.05, 3.63) is 24.1 Å². The second kappa shape index (κ2) is 7.94. The van der Waals surface area contributed by atoms with Gasteiger partial charge in [0.1, 0.15) is 5.52 Å². The van der Waals surface area contributed by atoms with Crippen LogP contribution in [0.25, 0.3) is 11.1 Å². The van der Waals surface area contributed by atoms with Gasteiger partial charge in [0.2, 0.25) is 5.91 Å². The van der Waals surface area contributed by atoms with Crippen molar-refractivity contribution in [2.45, 2.75) is 32.1 Å². The summed E-state index contributed by atoms with van der Waals surface area (Å²) in [4.78, 5) is 17.5. The zero-order chi connectivity index (χ0) is 17.3. The first kappa shape index (κ1) is 19.1. The summed E-state index contributed by atoms with van der Waals surface area (Å²) in [5.74, 6) is 1.26. The number of anilines is 1. The summed E-state index contributed by atoms with van der Waals surface area (Å²) in [5, 5.41) is 6.56. The van der Waals surface area contributed by atoms with Gasteiger partial charge in [0, 0.05) is 25.8 Å². The lowest BCUT2D eigenvalue weighted by atomic mass is 9.67. The van der Waals surface area contributed by atoms with E-state index in [1.807, 2.05) is 18.2 Å². The predicted octanol–water partition coefficient (Wildman–Crippen LogP) is 3.16. The largest absolute Gasteiger partial charge is 0.441 e. The van der Waals surface area contributed by atoms with Crippen molar-refractivity contribution < 1.29 is 13.9 Å². The summed E-state index contributed by atoms with van der Waals surface area (Å²) >= 11 is 0. The number of oxazole rings is 1. The number of nitrogens with zero attached hydrogens (tertiary/aromatic N) is 1. The van der Waals surface area contributed by atoms with Crippen molar-refractivity contribution >= 4 is 35.1 Å². The number of hydrogen-bond acceptors (Lipinski definition) is 5. The minimum absolute atomic E-state index is 0. The minimum Gasteiger partial charge on any atom is -0.441 e. The predicted molar refractivity (Wildman–Crippen MR) is 103 cm³/mol. The fraction of sp³-hybridized carbons (Fsp3) is 0.579. The van der Waals surface area contributed by atoms with Crippen molar-refractivity contribution in [3.8, 4) is 0 Å². The molecular formula is C19H26ClN3O3. The highest BCUT2D eigenvalue weighted by Gasteiger charge is 2.49. The molecule has 2 fully saturated rings. The minimum atomic E-state index is -0.249. The lowest BCUT2D eigenvalue weighted by Gasteiger charge is -2.37. The van der Waals surface area contributed by atoms with E-state index in [0.29, 0.717) is 24.8 Å². The number of halogens is 1. The molecular weight excluding hydrogens is 354 g/mol. The van der Waals surface area contributed by atoms with Crippen LogP contribution in [0.5, 0.6) is 0 Å². The van der Waals surface area contributed by atoms with Gasteiger partial charge in [-0.25, -0.2) is 4.98 Å². The van der Waals surface area contributed by atoms with Crippen LogP contribution in [-0.2, 0) is 16.0 Å². The lowest BCUT2D eigenvalue weighted by molar-refractivity contribution is -0.128. The third-order valence-corrected chi connectivity index (χ3v) is 5.70. The first-order valence-corrected chi connectivity index (χ1v) is 9.12. The number of hydrogen-bond donors (Lipinski definition) is 2. The number of amides is 1. The molecule has 1 aliphatic carbocycles. The maximum atomic E-state index is 13.0. The monoisotopic (exact) mass is 379 g/mol. The fourth-order valence-corrected chi connectivity index (χ4v) is 4.30. The van der Waals surface area contributed by atoms with E-state index in [-0.39, 0.29) is 23.7 Å². The van der Waals surface area contributed by atoms with Gasteiger partial charge in [0.15, 0.2) is 11.5 Å². The highest BCUT2D eigenvalue weighted by molar-refractivity contribution is 5.97. The van der Waals surface area contributed by atoms with E-state index in [1.54, 1.807) is 7.11 Å². The first-order valence-electron chi connectivity index (χ1n) is 9.12. The molecule has 7 heteroatoms. The van der Waals surface area contributed by atoms with E-state index >= 15 is 0 Å². The van der Waals surface area contributed by atoms with Crippen molar-refractivity contribution in [1.82, 2.24) is 10.3 Å². The smallest absolute Gasteiger partial charge is 0.232 e. The molecule has 1 saturated heterocycles. The second-order valence-corrected chi connectivity index (χ2v) is 7.22. The third kappa shape index (κ3) is 3.46. The van der Waals surface area contributed by atoms with Gasteiger partial charge >= 0.3 is 0 Å². The van der Waals surface area contributed by atoms with E-state index in [1.165, 1.54) is 6.42 Å². The zero-order valence-corrected chi connectivity index (χ0v) is 15.9. The molecule has 1 aliphatic heterocycles. The standard InChI is InChI=1S/C19H25N3O3.ClH/c1-24-9-7-17-22-15-10-14(5-6-16(15)25-17)21-18(23)19-8-3-2-4-13(19)11-20-12-19;/h5-6,10,13,20H,2-4,7-9,11-12H2,1H3,(H,21,23);1H/t13-,19+;/m0./s1. The number of methoxy groups -OCH3 is 1. The molecule has 142 valence electrons. The summed E-state index contributed by atoms with van der Waals surface area (Å²) in [7, 11) is 1.66. The average molecular weight is 380 g/mol. The number of carbonyl (C=O) groups is 1. The molecule has 6 nitrogen and oxygen atoms in total. The van der Waals surface area contributed by atoms with Gasteiger partial charge in [-0.15, -0.1) is 12.4 Å². The normalized spacial score (nSPS) is 24.9. The molecule has 2 heterocycles. The number of fused-ring (bicyclic) bond motifs is 2. The number of aromatic nitrogens is 1. The Balaban J connectivity index is 0.00000196. The Morgan fingerprint density at radius 1 is 1.46 bits per heavy atom. The van der Waals surface area contributed by atoms with Gasteiger partial charge in [-0.2, -0.15) is 0 Å². The maximum Gasteiger partial charge on any atom is 0.232 e. The summed E-state index contributed by atoms with van der Waals surface area (Å²) in [6.45, 7) is 2.32. The molecule has 2 atom stereocenters. The van der Waals surface area contributed by atoms with Gasteiger partial charge in [0.25, 0.3) is 0 Å². The molecule has 0 unspecified atom stereocenters. The van der Waals surface area contributed by atoms with E-state index in [2.05, 4.69) is 15.6 Å². The number of rotatable bonds is 5. The Labute approximate surface area is 159 Å². The van der Waals surface area contributed by atoms with Crippen LogP contribution in [0.2, 0.25) is 0 Å². The lowest BCUT2D eigenvalue weighted by Crippen LogP contribution is -2.44. The Morgan fingerprint density at radius 3 is 3.19 bits per heavy atom. The van der Waals surface area contributed by atoms with Crippen LogP contribution in [0.15, 0.2) is 22.6 Å². The van der Waals surface area contributed by atoms with Gasteiger partial charge in [-0.1, -0.05) is 12.8 Å². The molecule has 1 aromatic heterocycles. The van der Waals surface area contributed by atoms with Crippen molar-refractivity contribution in [2.24, 2.45) is 11.3 Å². The molecule has 2 aromatic rings. The highest BCUT2D eigenvalue weighted by atomic mass is 35.5. The number of nitrogens with one attached hydrogen (secondary N) is 2. The molecule has 26 heavy (non-hydrogen) atoms. The van der Waals surface area contributed by atoms with Gasteiger partial charge in [0.05, 0.1) is 12.0 Å².